The lowest BCUT2D eigenvalue weighted by molar-refractivity contribution is 0.278. The summed E-state index contributed by atoms with van der Waals surface area (Å²) < 4.78 is 50.2. The smallest absolute Gasteiger partial charge is 0.241 e. The van der Waals surface area contributed by atoms with Crippen LogP contribution in [0.25, 0.3) is 0 Å². The van der Waals surface area contributed by atoms with Crippen LogP contribution in [0.4, 0.5) is 0 Å². The zero-order valence-corrected chi connectivity index (χ0v) is 12.7. The molecule has 1 aliphatic heterocycles. The average molecular weight is 319 g/mol. The molecule has 8 heteroatoms. The van der Waals surface area contributed by atoms with E-state index in [9.17, 15) is 21.9 Å². The lowest BCUT2D eigenvalue weighted by Gasteiger charge is -2.24. The van der Waals surface area contributed by atoms with Gasteiger partial charge < -0.3 is 5.11 Å². The second-order valence-corrected chi connectivity index (χ2v) is 9.11. The minimum absolute atomic E-state index is 0.0202. The first-order valence-corrected chi connectivity index (χ1v) is 9.41. The van der Waals surface area contributed by atoms with Gasteiger partial charge in [0.2, 0.25) is 10.0 Å². The lowest BCUT2D eigenvalue weighted by atomic mass is 10.0. The Labute approximate surface area is 118 Å². The van der Waals surface area contributed by atoms with Gasteiger partial charge in [0.1, 0.15) is 0 Å². The van der Waals surface area contributed by atoms with Crippen molar-refractivity contribution in [1.82, 2.24) is 4.72 Å². The monoisotopic (exact) mass is 319 g/mol. The Morgan fingerprint density at radius 2 is 2.00 bits per heavy atom. The van der Waals surface area contributed by atoms with Crippen molar-refractivity contribution < 1.29 is 21.9 Å². The van der Waals surface area contributed by atoms with Gasteiger partial charge in [0.25, 0.3) is 0 Å². The summed E-state index contributed by atoms with van der Waals surface area (Å²) in [6.07, 6.45) is 0.246. The number of aliphatic hydroxyl groups excluding tert-OH is 1. The minimum Gasteiger partial charge on any atom is -0.392 e. The maximum atomic E-state index is 12.4. The first kappa shape index (κ1) is 15.4. The summed E-state index contributed by atoms with van der Waals surface area (Å²) >= 11 is 0. The highest BCUT2D eigenvalue weighted by Crippen LogP contribution is 2.26. The van der Waals surface area contributed by atoms with Gasteiger partial charge in [-0.05, 0) is 25.0 Å². The molecule has 0 spiro atoms. The molecule has 1 aromatic carbocycles. The molecule has 2 N–H and O–H groups in total. The molecule has 0 radical (unpaired) electrons. The second-order valence-electron chi connectivity index (χ2n) is 5.27. The normalized spacial score (nSPS) is 25.7. The van der Waals surface area contributed by atoms with Gasteiger partial charge in [-0.1, -0.05) is 18.2 Å². The van der Waals surface area contributed by atoms with Crippen molar-refractivity contribution in [3.05, 3.63) is 29.8 Å². The Morgan fingerprint density at radius 1 is 1.35 bits per heavy atom. The third-order valence-corrected chi connectivity index (χ3v) is 6.96. The summed E-state index contributed by atoms with van der Waals surface area (Å²) in [5, 5.41) is 9.20. The van der Waals surface area contributed by atoms with Crippen LogP contribution in [0.5, 0.6) is 0 Å². The van der Waals surface area contributed by atoms with Crippen LogP contribution in [-0.2, 0) is 26.5 Å². The molecule has 20 heavy (non-hydrogen) atoms. The van der Waals surface area contributed by atoms with E-state index in [-0.39, 0.29) is 28.4 Å². The van der Waals surface area contributed by atoms with Crippen LogP contribution in [0.2, 0.25) is 0 Å². The van der Waals surface area contributed by atoms with E-state index in [0.29, 0.717) is 0 Å². The molecule has 0 bridgehead atoms. The third kappa shape index (κ3) is 3.20. The Bertz CT molecular complexity index is 711. The van der Waals surface area contributed by atoms with Gasteiger partial charge in [-0.3, -0.25) is 0 Å². The Kier molecular flexibility index (Phi) is 3.94. The van der Waals surface area contributed by atoms with Crippen LogP contribution in [-0.4, -0.2) is 39.0 Å². The number of sulfonamides is 1. The zero-order valence-electron chi connectivity index (χ0n) is 11.0. The molecular formula is C12H17NO5S2. The van der Waals surface area contributed by atoms with E-state index in [4.69, 9.17) is 0 Å². The predicted molar refractivity (Wildman–Crippen MR) is 74.4 cm³/mol. The fourth-order valence-corrected chi connectivity index (χ4v) is 6.22. The van der Waals surface area contributed by atoms with Crippen molar-refractivity contribution in [3.63, 3.8) is 0 Å². The average Bonchev–Trinajstić information content (AvgIpc) is 2.62. The van der Waals surface area contributed by atoms with Gasteiger partial charge in [-0.15, -0.1) is 0 Å². The number of benzene rings is 1. The van der Waals surface area contributed by atoms with Gasteiger partial charge in [0.05, 0.1) is 23.0 Å². The van der Waals surface area contributed by atoms with Crippen LogP contribution in [0, 0.1) is 0 Å². The van der Waals surface area contributed by atoms with E-state index in [1.807, 2.05) is 0 Å². The van der Waals surface area contributed by atoms with E-state index >= 15 is 0 Å². The van der Waals surface area contributed by atoms with Crippen LogP contribution >= 0.6 is 0 Å². The number of rotatable bonds is 4. The molecular weight excluding hydrogens is 302 g/mol. The van der Waals surface area contributed by atoms with Gasteiger partial charge in [0, 0.05) is 5.54 Å². The highest BCUT2D eigenvalue weighted by Gasteiger charge is 2.41. The van der Waals surface area contributed by atoms with E-state index in [2.05, 4.69) is 4.72 Å². The Hall–Kier alpha value is -0.960. The molecule has 2 rings (SSSR count). The molecule has 0 aliphatic carbocycles. The third-order valence-electron chi connectivity index (χ3n) is 3.32. The first-order chi connectivity index (χ1) is 9.18. The van der Waals surface area contributed by atoms with Crippen molar-refractivity contribution in [2.75, 3.05) is 11.5 Å². The molecule has 1 saturated heterocycles. The summed E-state index contributed by atoms with van der Waals surface area (Å²) in [5.74, 6) is -0.228. The molecule has 112 valence electrons. The van der Waals surface area contributed by atoms with Crippen LogP contribution in [0.3, 0.4) is 0 Å². The number of hydrogen-bond acceptors (Lipinski definition) is 5. The van der Waals surface area contributed by atoms with E-state index in [1.165, 1.54) is 12.1 Å². The largest absolute Gasteiger partial charge is 0.392 e. The quantitative estimate of drug-likeness (QED) is 0.816. The van der Waals surface area contributed by atoms with Crippen molar-refractivity contribution in [2.24, 2.45) is 0 Å². The second kappa shape index (κ2) is 5.10. The van der Waals surface area contributed by atoms with Crippen molar-refractivity contribution in [1.29, 1.82) is 0 Å². The van der Waals surface area contributed by atoms with Gasteiger partial charge >= 0.3 is 0 Å². The maximum Gasteiger partial charge on any atom is 0.241 e. The fourth-order valence-electron chi connectivity index (χ4n) is 2.37. The summed E-state index contributed by atoms with van der Waals surface area (Å²) in [6, 6.07) is 6.09. The van der Waals surface area contributed by atoms with Crippen LogP contribution in [0.15, 0.2) is 29.2 Å². The molecule has 1 unspecified atom stereocenters. The summed E-state index contributed by atoms with van der Waals surface area (Å²) in [5.41, 5.74) is -0.718. The lowest BCUT2D eigenvalue weighted by Crippen LogP contribution is -2.46. The first-order valence-electron chi connectivity index (χ1n) is 6.11. The maximum absolute atomic E-state index is 12.4. The number of nitrogens with one attached hydrogen (secondary N) is 1. The standard InChI is InChI=1S/C12H17NO5S2/c1-12(6-7-19(15,16)9-12)13-20(17,18)11-5-3-2-4-10(11)8-14/h2-5,13-14H,6-9H2,1H3. The number of sulfone groups is 1. The molecule has 0 saturated carbocycles. The topological polar surface area (TPSA) is 101 Å². The predicted octanol–water partition coefficient (Wildman–Crippen LogP) is 0.0344. The minimum atomic E-state index is -3.87. The number of hydrogen-bond donors (Lipinski definition) is 2. The number of aliphatic hydroxyl groups is 1. The van der Waals surface area contributed by atoms with E-state index in [1.54, 1.807) is 19.1 Å². The van der Waals surface area contributed by atoms with Crippen molar-refractivity contribution in [3.8, 4) is 0 Å². The highest BCUT2D eigenvalue weighted by molar-refractivity contribution is 7.92. The van der Waals surface area contributed by atoms with E-state index < -0.39 is 32.0 Å². The van der Waals surface area contributed by atoms with Gasteiger partial charge in [-0.2, -0.15) is 0 Å². The summed E-state index contributed by atoms with van der Waals surface area (Å²) in [4.78, 5) is -0.0203. The van der Waals surface area contributed by atoms with Gasteiger partial charge in [-0.25, -0.2) is 21.6 Å². The van der Waals surface area contributed by atoms with Crippen molar-refractivity contribution in [2.45, 2.75) is 30.4 Å². The molecule has 1 heterocycles. The molecule has 1 fully saturated rings. The SMILES string of the molecule is CC1(NS(=O)(=O)c2ccccc2CO)CCS(=O)(=O)C1. The summed E-state index contributed by atoms with van der Waals surface area (Å²) in [7, 11) is -7.07. The molecule has 1 aliphatic rings. The molecule has 1 atom stereocenters. The summed E-state index contributed by atoms with van der Waals surface area (Å²) in [6.45, 7) is 1.18. The Balaban J connectivity index is 2.33. The molecule has 0 aromatic heterocycles. The molecule has 0 amide bonds. The zero-order chi connectivity index (χ0) is 15.0. The fraction of sp³-hybridized carbons (Fsp3) is 0.500. The van der Waals surface area contributed by atoms with E-state index in [0.717, 1.165) is 0 Å². The highest BCUT2D eigenvalue weighted by atomic mass is 32.2. The van der Waals surface area contributed by atoms with Crippen LogP contribution in [0.1, 0.15) is 18.9 Å². The van der Waals surface area contributed by atoms with Crippen LogP contribution < -0.4 is 4.72 Å². The Morgan fingerprint density at radius 3 is 2.55 bits per heavy atom. The molecule has 6 nitrogen and oxygen atoms in total. The molecule has 1 aromatic rings. The van der Waals surface area contributed by atoms with Crippen molar-refractivity contribution >= 4 is 19.9 Å². The van der Waals surface area contributed by atoms with Gasteiger partial charge in [0.15, 0.2) is 9.84 Å².